The second-order valence-corrected chi connectivity index (χ2v) is 2.90. The molecule has 1 aromatic rings. The molecule has 0 fully saturated rings. The van der Waals surface area contributed by atoms with Crippen LogP contribution in [0.15, 0.2) is 6.20 Å². The molecule has 0 spiro atoms. The van der Waals surface area contributed by atoms with Crippen molar-refractivity contribution in [2.45, 2.75) is 19.9 Å². The van der Waals surface area contributed by atoms with Crippen LogP contribution in [0.5, 0.6) is 0 Å². The van der Waals surface area contributed by atoms with E-state index in [1.807, 2.05) is 6.20 Å². The van der Waals surface area contributed by atoms with Crippen molar-refractivity contribution >= 4 is 0 Å². The molecule has 0 radical (unpaired) electrons. The van der Waals surface area contributed by atoms with Crippen molar-refractivity contribution in [3.05, 3.63) is 17.5 Å². The predicted octanol–water partition coefficient (Wildman–Crippen LogP) is 0.708. The van der Waals surface area contributed by atoms with Gasteiger partial charge < -0.3 is 10.1 Å². The van der Waals surface area contributed by atoms with Crippen molar-refractivity contribution in [2.75, 3.05) is 20.3 Å². The molecular weight excluding hydrogens is 166 g/mol. The SMILES string of the molecule is CCc1[nH]ncc1CNCCOC. The lowest BCUT2D eigenvalue weighted by atomic mass is 10.2. The standard InChI is InChI=1S/C9H17N3O/c1-3-9-8(7-11-12-9)6-10-4-5-13-2/h7,10H,3-6H2,1-2H3,(H,11,12). The van der Waals surface area contributed by atoms with Gasteiger partial charge in [-0.3, -0.25) is 5.10 Å². The fraction of sp³-hybridized carbons (Fsp3) is 0.667. The molecule has 0 aliphatic carbocycles. The summed E-state index contributed by atoms with van der Waals surface area (Å²) >= 11 is 0. The molecule has 13 heavy (non-hydrogen) atoms. The zero-order valence-corrected chi connectivity index (χ0v) is 8.26. The average Bonchev–Trinajstić information content (AvgIpc) is 2.60. The normalized spacial score (nSPS) is 10.6. The van der Waals surface area contributed by atoms with E-state index < -0.39 is 0 Å². The topological polar surface area (TPSA) is 49.9 Å². The molecule has 4 nitrogen and oxygen atoms in total. The van der Waals surface area contributed by atoms with Gasteiger partial charge in [0, 0.05) is 31.5 Å². The van der Waals surface area contributed by atoms with Crippen molar-refractivity contribution in [3.63, 3.8) is 0 Å². The Morgan fingerprint density at radius 2 is 2.46 bits per heavy atom. The zero-order valence-electron chi connectivity index (χ0n) is 8.26. The Bertz CT molecular complexity index is 235. The van der Waals surface area contributed by atoms with Crippen LogP contribution in [0.25, 0.3) is 0 Å². The Hall–Kier alpha value is -0.870. The summed E-state index contributed by atoms with van der Waals surface area (Å²) in [7, 11) is 1.71. The highest BCUT2D eigenvalue weighted by molar-refractivity contribution is 5.15. The maximum Gasteiger partial charge on any atom is 0.0587 e. The van der Waals surface area contributed by atoms with Crippen molar-refractivity contribution in [1.82, 2.24) is 15.5 Å². The summed E-state index contributed by atoms with van der Waals surface area (Å²) in [5.74, 6) is 0. The van der Waals surface area contributed by atoms with E-state index in [1.54, 1.807) is 7.11 Å². The van der Waals surface area contributed by atoms with Crippen LogP contribution >= 0.6 is 0 Å². The number of ether oxygens (including phenoxy) is 1. The molecule has 4 heteroatoms. The second-order valence-electron chi connectivity index (χ2n) is 2.90. The monoisotopic (exact) mass is 183 g/mol. The molecule has 1 rings (SSSR count). The Morgan fingerprint density at radius 3 is 3.15 bits per heavy atom. The molecule has 74 valence electrons. The number of nitrogens with zero attached hydrogens (tertiary/aromatic N) is 1. The van der Waals surface area contributed by atoms with Crippen molar-refractivity contribution < 1.29 is 4.74 Å². The highest BCUT2D eigenvalue weighted by Gasteiger charge is 2.01. The third kappa shape index (κ3) is 3.16. The molecule has 1 heterocycles. The smallest absolute Gasteiger partial charge is 0.0587 e. The Balaban J connectivity index is 2.27. The minimum absolute atomic E-state index is 0.749. The number of hydrogen-bond acceptors (Lipinski definition) is 3. The van der Waals surface area contributed by atoms with Crippen LogP contribution in [0.4, 0.5) is 0 Å². The minimum Gasteiger partial charge on any atom is -0.383 e. The van der Waals surface area contributed by atoms with E-state index in [2.05, 4.69) is 22.4 Å². The number of nitrogens with one attached hydrogen (secondary N) is 2. The fourth-order valence-electron chi connectivity index (χ4n) is 1.19. The van der Waals surface area contributed by atoms with Gasteiger partial charge in [0.05, 0.1) is 12.8 Å². The summed E-state index contributed by atoms with van der Waals surface area (Å²) in [5, 5.41) is 10.2. The van der Waals surface area contributed by atoms with Crippen molar-refractivity contribution in [3.8, 4) is 0 Å². The van der Waals surface area contributed by atoms with Gasteiger partial charge in [0.25, 0.3) is 0 Å². The number of rotatable bonds is 6. The first kappa shape index (κ1) is 10.2. The van der Waals surface area contributed by atoms with Crippen LogP contribution in [0.2, 0.25) is 0 Å². The lowest BCUT2D eigenvalue weighted by molar-refractivity contribution is 0.199. The molecule has 0 aliphatic heterocycles. The van der Waals surface area contributed by atoms with Crippen LogP contribution in [-0.4, -0.2) is 30.5 Å². The molecule has 0 unspecified atom stereocenters. The van der Waals surface area contributed by atoms with Crippen LogP contribution < -0.4 is 5.32 Å². The number of aromatic amines is 1. The number of aromatic nitrogens is 2. The third-order valence-electron chi connectivity index (χ3n) is 1.96. The van der Waals surface area contributed by atoms with E-state index in [-0.39, 0.29) is 0 Å². The summed E-state index contributed by atoms with van der Waals surface area (Å²) in [6.07, 6.45) is 2.87. The van der Waals surface area contributed by atoms with Crippen molar-refractivity contribution in [2.24, 2.45) is 0 Å². The average molecular weight is 183 g/mol. The summed E-state index contributed by atoms with van der Waals surface area (Å²) in [6, 6.07) is 0. The fourth-order valence-corrected chi connectivity index (χ4v) is 1.19. The Labute approximate surface area is 78.7 Å². The summed E-state index contributed by atoms with van der Waals surface area (Å²) in [4.78, 5) is 0. The van der Waals surface area contributed by atoms with E-state index >= 15 is 0 Å². The van der Waals surface area contributed by atoms with Gasteiger partial charge in [-0.1, -0.05) is 6.92 Å². The summed E-state index contributed by atoms with van der Waals surface area (Å²) in [6.45, 7) is 4.61. The molecule has 0 bridgehead atoms. The van der Waals surface area contributed by atoms with Crippen LogP contribution in [0.3, 0.4) is 0 Å². The molecule has 0 saturated heterocycles. The number of H-pyrrole nitrogens is 1. The molecule has 0 amide bonds. The molecule has 2 N–H and O–H groups in total. The predicted molar refractivity (Wildman–Crippen MR) is 51.5 cm³/mol. The Morgan fingerprint density at radius 1 is 1.62 bits per heavy atom. The lowest BCUT2D eigenvalue weighted by Crippen LogP contribution is -2.18. The molecule has 0 saturated carbocycles. The summed E-state index contributed by atoms with van der Waals surface area (Å²) in [5.41, 5.74) is 2.46. The van der Waals surface area contributed by atoms with Gasteiger partial charge >= 0.3 is 0 Å². The minimum atomic E-state index is 0.749. The van der Waals surface area contributed by atoms with E-state index in [0.717, 1.165) is 26.1 Å². The largest absolute Gasteiger partial charge is 0.383 e. The zero-order chi connectivity index (χ0) is 9.52. The van der Waals surface area contributed by atoms with E-state index in [0.29, 0.717) is 0 Å². The highest BCUT2D eigenvalue weighted by atomic mass is 16.5. The molecule has 0 atom stereocenters. The first-order chi connectivity index (χ1) is 6.38. The van der Waals surface area contributed by atoms with Crippen LogP contribution in [-0.2, 0) is 17.7 Å². The molecule has 1 aromatic heterocycles. The first-order valence-corrected chi connectivity index (χ1v) is 4.59. The highest BCUT2D eigenvalue weighted by Crippen LogP contribution is 2.03. The van der Waals surface area contributed by atoms with Gasteiger partial charge in [0.15, 0.2) is 0 Å². The van der Waals surface area contributed by atoms with Crippen LogP contribution in [0, 0.1) is 0 Å². The van der Waals surface area contributed by atoms with Gasteiger partial charge in [-0.05, 0) is 6.42 Å². The summed E-state index contributed by atoms with van der Waals surface area (Å²) < 4.78 is 4.93. The number of hydrogen-bond donors (Lipinski definition) is 2. The Kier molecular flexibility index (Phi) is 4.49. The van der Waals surface area contributed by atoms with Gasteiger partial charge in [0.1, 0.15) is 0 Å². The second kappa shape index (κ2) is 5.72. The number of methoxy groups -OCH3 is 1. The number of aryl methyl sites for hydroxylation is 1. The van der Waals surface area contributed by atoms with Gasteiger partial charge in [-0.25, -0.2) is 0 Å². The van der Waals surface area contributed by atoms with Gasteiger partial charge in [0.2, 0.25) is 0 Å². The van der Waals surface area contributed by atoms with Gasteiger partial charge in [-0.2, -0.15) is 5.10 Å². The molecular formula is C9H17N3O. The van der Waals surface area contributed by atoms with E-state index in [4.69, 9.17) is 4.74 Å². The van der Waals surface area contributed by atoms with E-state index in [1.165, 1.54) is 11.3 Å². The van der Waals surface area contributed by atoms with Gasteiger partial charge in [-0.15, -0.1) is 0 Å². The maximum atomic E-state index is 4.93. The first-order valence-electron chi connectivity index (χ1n) is 4.59. The van der Waals surface area contributed by atoms with E-state index in [9.17, 15) is 0 Å². The molecule has 0 aliphatic rings. The van der Waals surface area contributed by atoms with Crippen LogP contribution in [0.1, 0.15) is 18.2 Å². The lowest BCUT2D eigenvalue weighted by Gasteiger charge is -2.03. The van der Waals surface area contributed by atoms with Crippen molar-refractivity contribution in [1.29, 1.82) is 0 Å². The maximum absolute atomic E-state index is 4.93. The third-order valence-corrected chi connectivity index (χ3v) is 1.96. The molecule has 0 aromatic carbocycles. The quantitative estimate of drug-likeness (QED) is 0.638.